The molecule has 0 aliphatic carbocycles. The average molecular weight is 419 g/mol. The fourth-order valence-electron chi connectivity index (χ4n) is 2.56. The van der Waals surface area contributed by atoms with Crippen LogP contribution >= 0.6 is 11.6 Å². The van der Waals surface area contributed by atoms with Crippen LogP contribution < -0.4 is 5.32 Å². The van der Waals surface area contributed by atoms with Crippen molar-refractivity contribution in [3.8, 4) is 0 Å². The molecule has 0 unspecified atom stereocenters. The van der Waals surface area contributed by atoms with Crippen LogP contribution in [0.4, 0.5) is 23.7 Å². The molecule has 144 valence electrons. The maximum Gasteiger partial charge on any atom is 0.416 e. The highest BCUT2D eigenvalue weighted by Gasteiger charge is 2.40. The van der Waals surface area contributed by atoms with Crippen LogP contribution in [0.15, 0.2) is 53.4 Å². The van der Waals surface area contributed by atoms with E-state index in [1.807, 2.05) is 0 Å². The third-order valence-corrected chi connectivity index (χ3v) is 6.54. The number of likely N-dealkylation sites (tertiary alicyclic amines) is 1. The van der Waals surface area contributed by atoms with E-state index in [-0.39, 0.29) is 23.7 Å². The molecule has 2 aromatic rings. The first-order chi connectivity index (χ1) is 12.6. The maximum absolute atomic E-state index is 12.5. The number of amides is 2. The fourth-order valence-corrected chi connectivity index (χ4v) is 4.34. The van der Waals surface area contributed by atoms with Gasteiger partial charge in [0.25, 0.3) is 0 Å². The van der Waals surface area contributed by atoms with E-state index >= 15 is 0 Å². The molecule has 1 heterocycles. The van der Waals surface area contributed by atoms with Gasteiger partial charge in [-0.3, -0.25) is 0 Å². The highest BCUT2D eigenvalue weighted by atomic mass is 35.5. The number of nitrogens with zero attached hydrogens (tertiary/aromatic N) is 1. The Morgan fingerprint density at radius 3 is 2.11 bits per heavy atom. The Bertz CT molecular complexity index is 939. The van der Waals surface area contributed by atoms with E-state index in [9.17, 15) is 26.4 Å². The van der Waals surface area contributed by atoms with E-state index in [4.69, 9.17) is 11.6 Å². The predicted octanol–water partition coefficient (Wildman–Crippen LogP) is 4.05. The molecule has 1 aliphatic heterocycles. The molecule has 1 saturated heterocycles. The first-order valence-corrected chi connectivity index (χ1v) is 9.72. The summed E-state index contributed by atoms with van der Waals surface area (Å²) in [5.74, 6) is 0. The van der Waals surface area contributed by atoms with Gasteiger partial charge in [-0.15, -0.1) is 0 Å². The van der Waals surface area contributed by atoms with Crippen molar-refractivity contribution in [1.29, 1.82) is 0 Å². The van der Waals surface area contributed by atoms with E-state index in [0.29, 0.717) is 5.02 Å². The topological polar surface area (TPSA) is 66.5 Å². The van der Waals surface area contributed by atoms with E-state index < -0.39 is 32.9 Å². The summed E-state index contributed by atoms with van der Waals surface area (Å²) in [5.41, 5.74) is -0.629. The predicted molar refractivity (Wildman–Crippen MR) is 94.5 cm³/mol. The Morgan fingerprint density at radius 2 is 1.59 bits per heavy atom. The van der Waals surface area contributed by atoms with Crippen molar-refractivity contribution < 1.29 is 26.4 Å². The van der Waals surface area contributed by atoms with Gasteiger partial charge in [0.1, 0.15) is 5.25 Å². The highest BCUT2D eigenvalue weighted by molar-refractivity contribution is 7.92. The summed E-state index contributed by atoms with van der Waals surface area (Å²) in [7, 11) is -3.59. The van der Waals surface area contributed by atoms with Gasteiger partial charge in [-0.2, -0.15) is 13.2 Å². The third kappa shape index (κ3) is 4.19. The second-order valence-corrected chi connectivity index (χ2v) is 8.70. The van der Waals surface area contributed by atoms with Gasteiger partial charge < -0.3 is 10.2 Å². The molecule has 1 fully saturated rings. The van der Waals surface area contributed by atoms with Crippen molar-refractivity contribution in [1.82, 2.24) is 4.90 Å². The summed E-state index contributed by atoms with van der Waals surface area (Å²) < 4.78 is 62.5. The molecule has 0 bridgehead atoms. The maximum atomic E-state index is 12.5. The summed E-state index contributed by atoms with van der Waals surface area (Å²) in [5, 5.41) is 2.13. The summed E-state index contributed by atoms with van der Waals surface area (Å²) in [6.07, 6.45) is -4.46. The van der Waals surface area contributed by atoms with Crippen LogP contribution in [0, 0.1) is 0 Å². The van der Waals surface area contributed by atoms with Gasteiger partial charge in [-0.05, 0) is 48.5 Å². The Balaban J connectivity index is 1.59. The number of halogens is 4. The first-order valence-electron chi connectivity index (χ1n) is 7.80. The molecule has 0 spiro atoms. The SMILES string of the molecule is O=C(Nc1ccc(C(F)(F)F)cc1)N1CC(S(=O)(=O)c2ccc(Cl)cc2)C1. The van der Waals surface area contributed by atoms with Crippen molar-refractivity contribution in [2.24, 2.45) is 0 Å². The number of sulfone groups is 1. The molecule has 27 heavy (non-hydrogen) atoms. The lowest BCUT2D eigenvalue weighted by Crippen LogP contribution is -2.58. The van der Waals surface area contributed by atoms with Crippen LogP contribution in [0.5, 0.6) is 0 Å². The number of carbonyl (C=O) groups is 1. The van der Waals surface area contributed by atoms with Crippen molar-refractivity contribution >= 4 is 33.2 Å². The number of hydrogen-bond acceptors (Lipinski definition) is 3. The van der Waals surface area contributed by atoms with Gasteiger partial charge in [0.05, 0.1) is 10.5 Å². The van der Waals surface area contributed by atoms with Crippen LogP contribution in [0.3, 0.4) is 0 Å². The molecule has 10 heteroatoms. The molecule has 5 nitrogen and oxygen atoms in total. The van der Waals surface area contributed by atoms with Crippen LogP contribution in [-0.2, 0) is 16.0 Å². The van der Waals surface area contributed by atoms with Gasteiger partial charge >= 0.3 is 12.2 Å². The molecule has 0 radical (unpaired) electrons. The number of carbonyl (C=O) groups excluding carboxylic acids is 1. The lowest BCUT2D eigenvalue weighted by Gasteiger charge is -2.38. The number of hydrogen-bond donors (Lipinski definition) is 1. The summed E-state index contributed by atoms with van der Waals surface area (Å²) in [6.45, 7) is -0.00510. The van der Waals surface area contributed by atoms with Crippen LogP contribution in [0.1, 0.15) is 5.56 Å². The molecular formula is C17H14ClF3N2O3S. The Kier molecular flexibility index (Phi) is 5.09. The molecule has 2 aromatic carbocycles. The molecule has 1 aliphatic rings. The van der Waals surface area contributed by atoms with E-state index in [1.54, 1.807) is 0 Å². The molecular weight excluding hydrogens is 405 g/mol. The third-order valence-electron chi connectivity index (χ3n) is 4.18. The number of nitrogens with one attached hydrogen (secondary N) is 1. The van der Waals surface area contributed by atoms with Crippen molar-refractivity contribution in [3.05, 3.63) is 59.1 Å². The second-order valence-electron chi connectivity index (χ2n) is 6.03. The van der Waals surface area contributed by atoms with Gasteiger partial charge in [-0.1, -0.05) is 11.6 Å². The average Bonchev–Trinajstić information content (AvgIpc) is 2.53. The van der Waals surface area contributed by atoms with Crippen LogP contribution in [0.25, 0.3) is 0 Å². The van der Waals surface area contributed by atoms with Crippen molar-refractivity contribution in [3.63, 3.8) is 0 Å². The minimum atomic E-state index is -4.46. The molecule has 1 N–H and O–H groups in total. The highest BCUT2D eigenvalue weighted by Crippen LogP contribution is 2.30. The second kappa shape index (κ2) is 7.05. The van der Waals surface area contributed by atoms with Gasteiger partial charge in [-0.25, -0.2) is 13.2 Å². The zero-order valence-corrected chi connectivity index (χ0v) is 15.3. The Labute approximate surface area is 158 Å². The zero-order valence-electron chi connectivity index (χ0n) is 13.7. The summed E-state index contributed by atoms with van der Waals surface area (Å²) in [4.78, 5) is 13.5. The lowest BCUT2D eigenvalue weighted by molar-refractivity contribution is -0.137. The van der Waals surface area contributed by atoms with Gasteiger partial charge in [0.2, 0.25) is 0 Å². The number of urea groups is 1. The summed E-state index contributed by atoms with van der Waals surface area (Å²) in [6, 6.07) is 9.19. The zero-order chi connectivity index (χ0) is 19.8. The Morgan fingerprint density at radius 1 is 1.04 bits per heavy atom. The Hall–Kier alpha value is -2.26. The number of rotatable bonds is 3. The fraction of sp³-hybridized carbons (Fsp3) is 0.235. The smallest absolute Gasteiger partial charge is 0.322 e. The first kappa shape index (κ1) is 19.5. The molecule has 0 atom stereocenters. The van der Waals surface area contributed by atoms with Crippen LogP contribution in [-0.4, -0.2) is 37.7 Å². The van der Waals surface area contributed by atoms with Crippen molar-refractivity contribution in [2.75, 3.05) is 18.4 Å². The van der Waals surface area contributed by atoms with Gasteiger partial charge in [0.15, 0.2) is 9.84 Å². The van der Waals surface area contributed by atoms with E-state index in [2.05, 4.69) is 5.32 Å². The molecule has 0 saturated carbocycles. The van der Waals surface area contributed by atoms with Crippen LogP contribution in [0.2, 0.25) is 5.02 Å². The number of anilines is 1. The van der Waals surface area contributed by atoms with Crippen molar-refractivity contribution in [2.45, 2.75) is 16.3 Å². The molecule has 0 aromatic heterocycles. The minimum Gasteiger partial charge on any atom is -0.322 e. The normalized spacial score (nSPS) is 15.3. The largest absolute Gasteiger partial charge is 0.416 e. The lowest BCUT2D eigenvalue weighted by atomic mass is 10.2. The van der Waals surface area contributed by atoms with E-state index in [0.717, 1.165) is 24.3 Å². The molecule has 3 rings (SSSR count). The van der Waals surface area contributed by atoms with E-state index in [1.165, 1.54) is 29.2 Å². The van der Waals surface area contributed by atoms with Gasteiger partial charge in [0, 0.05) is 23.8 Å². The summed E-state index contributed by atoms with van der Waals surface area (Å²) >= 11 is 5.75. The number of benzene rings is 2. The quantitative estimate of drug-likeness (QED) is 0.817. The minimum absolute atomic E-state index is 0.00255. The standard InChI is InChI=1S/C17H14ClF3N2O3S/c18-12-3-7-14(8-4-12)27(25,26)15-9-23(10-15)16(24)22-13-5-1-11(2-6-13)17(19,20)21/h1-8,15H,9-10H2,(H,22,24). The monoisotopic (exact) mass is 418 g/mol. The number of alkyl halides is 3. The molecule has 2 amide bonds.